The molecule has 0 saturated heterocycles. The second-order valence-corrected chi connectivity index (χ2v) is 8.49. The zero-order valence-electron chi connectivity index (χ0n) is 17.3. The highest BCUT2D eigenvalue weighted by Crippen LogP contribution is 2.38. The minimum absolute atomic E-state index is 0.114. The predicted octanol–water partition coefficient (Wildman–Crippen LogP) is 3.33. The van der Waals surface area contributed by atoms with Gasteiger partial charge in [0.15, 0.2) is 0 Å². The number of thioether (sulfide) groups is 1. The summed E-state index contributed by atoms with van der Waals surface area (Å²) in [5, 5.41) is 12.0. The van der Waals surface area contributed by atoms with Crippen LogP contribution in [0.15, 0.2) is 47.6 Å². The summed E-state index contributed by atoms with van der Waals surface area (Å²) < 4.78 is 12.2. The number of nitrogens with one attached hydrogen (secondary N) is 2. The highest BCUT2D eigenvalue weighted by molar-refractivity contribution is 8.00. The number of amides is 1. The summed E-state index contributed by atoms with van der Waals surface area (Å²) in [6.07, 6.45) is 0. The van der Waals surface area contributed by atoms with Crippen molar-refractivity contribution in [2.75, 3.05) is 19.6 Å². The lowest BCUT2D eigenvalue weighted by Gasteiger charge is -2.33. The highest BCUT2D eigenvalue weighted by atomic mass is 35.5. The van der Waals surface area contributed by atoms with E-state index in [1.165, 1.54) is 11.8 Å². The van der Waals surface area contributed by atoms with Gasteiger partial charge in [-0.15, -0.1) is 10.2 Å². The molecule has 1 aromatic heterocycles. The number of halogens is 1. The van der Waals surface area contributed by atoms with Crippen molar-refractivity contribution in [1.82, 2.24) is 20.2 Å². The van der Waals surface area contributed by atoms with Crippen LogP contribution in [0, 0.1) is 6.92 Å². The summed E-state index contributed by atoms with van der Waals surface area (Å²) >= 11 is 7.72. The van der Waals surface area contributed by atoms with E-state index in [1.807, 2.05) is 43.3 Å². The third-order valence-electron chi connectivity index (χ3n) is 5.02. The molecule has 162 valence electrons. The molecule has 10 heteroatoms. The van der Waals surface area contributed by atoms with E-state index in [-0.39, 0.29) is 11.9 Å². The smallest absolute Gasteiger partial charge is 0.236 e. The number of carbonyl (C=O) groups is 1. The van der Waals surface area contributed by atoms with Crippen LogP contribution in [0.3, 0.4) is 0 Å². The topological polar surface area (TPSA) is 90.3 Å². The van der Waals surface area contributed by atoms with Crippen molar-refractivity contribution in [3.8, 4) is 11.5 Å². The second-order valence-electron chi connectivity index (χ2n) is 6.97. The Bertz CT molecular complexity index is 1090. The Morgan fingerprint density at radius 3 is 2.65 bits per heavy atom. The lowest BCUT2D eigenvalue weighted by Crippen LogP contribution is -2.44. The average Bonchev–Trinajstić information content (AvgIpc) is 3.16. The number of benzene rings is 2. The van der Waals surface area contributed by atoms with Crippen LogP contribution in [0.4, 0.5) is 0 Å². The molecule has 8 nitrogen and oxygen atoms in total. The Kier molecular flexibility index (Phi) is 6.24. The van der Waals surface area contributed by atoms with Gasteiger partial charge in [-0.05, 0) is 42.3 Å². The van der Waals surface area contributed by atoms with Gasteiger partial charge < -0.3 is 20.2 Å². The van der Waals surface area contributed by atoms with Gasteiger partial charge in [-0.3, -0.25) is 4.79 Å². The average molecular weight is 460 g/mol. The number of rotatable bonds is 6. The van der Waals surface area contributed by atoms with Gasteiger partial charge in [0.2, 0.25) is 11.1 Å². The lowest BCUT2D eigenvalue weighted by atomic mass is 10.0. The van der Waals surface area contributed by atoms with Crippen LogP contribution in [0.2, 0.25) is 5.02 Å². The van der Waals surface area contributed by atoms with Crippen molar-refractivity contribution >= 4 is 29.3 Å². The summed E-state index contributed by atoms with van der Waals surface area (Å²) in [6.45, 7) is 2.26. The fraction of sp³-hybridized carbons (Fsp3) is 0.286. The number of methoxy groups -OCH3 is 2. The van der Waals surface area contributed by atoms with Gasteiger partial charge in [0.05, 0.1) is 25.3 Å². The summed E-state index contributed by atoms with van der Waals surface area (Å²) in [6, 6.07) is 12.7. The van der Waals surface area contributed by atoms with Crippen LogP contribution in [0.5, 0.6) is 11.5 Å². The normalized spacial score (nSPS) is 17.4. The van der Waals surface area contributed by atoms with Crippen molar-refractivity contribution < 1.29 is 14.3 Å². The van der Waals surface area contributed by atoms with Crippen molar-refractivity contribution in [1.29, 1.82) is 0 Å². The van der Waals surface area contributed by atoms with Crippen molar-refractivity contribution in [3.63, 3.8) is 0 Å². The van der Waals surface area contributed by atoms with Crippen LogP contribution in [-0.4, -0.2) is 40.3 Å². The third kappa shape index (κ3) is 4.42. The first-order chi connectivity index (χ1) is 15.0. The molecule has 3 aromatic rings. The number of aromatic nitrogens is 3. The molecule has 1 amide bonds. The molecule has 2 atom stereocenters. The van der Waals surface area contributed by atoms with Gasteiger partial charge in [-0.25, -0.2) is 4.68 Å². The van der Waals surface area contributed by atoms with Crippen LogP contribution in [0.1, 0.15) is 23.0 Å². The molecule has 31 heavy (non-hydrogen) atoms. The molecule has 0 spiro atoms. The molecule has 0 bridgehead atoms. The first-order valence-corrected chi connectivity index (χ1v) is 10.8. The number of fused-ring (bicyclic) bond motifs is 1. The van der Waals surface area contributed by atoms with E-state index in [2.05, 4.69) is 20.9 Å². The van der Waals surface area contributed by atoms with Crippen LogP contribution < -0.4 is 20.2 Å². The van der Waals surface area contributed by atoms with E-state index >= 15 is 0 Å². The van der Waals surface area contributed by atoms with E-state index in [4.69, 9.17) is 21.1 Å². The minimum Gasteiger partial charge on any atom is -0.497 e. The number of aryl methyl sites for hydroxylation is 1. The lowest BCUT2D eigenvalue weighted by molar-refractivity contribution is -0.121. The number of carbonyl (C=O) groups excluding carboxylic acids is 1. The van der Waals surface area contributed by atoms with Crippen molar-refractivity contribution in [2.24, 2.45) is 0 Å². The molecule has 0 aliphatic carbocycles. The zero-order chi connectivity index (χ0) is 22.0. The van der Waals surface area contributed by atoms with Gasteiger partial charge in [0, 0.05) is 6.54 Å². The number of hydrogen-bond donors (Lipinski definition) is 2. The summed E-state index contributed by atoms with van der Waals surface area (Å²) in [5.74, 6) is 1.95. The minimum atomic E-state index is -0.473. The molecule has 0 radical (unpaired) electrons. The summed E-state index contributed by atoms with van der Waals surface area (Å²) in [5.41, 5.74) is 5.20. The van der Waals surface area contributed by atoms with Crippen LogP contribution >= 0.6 is 23.4 Å². The van der Waals surface area contributed by atoms with Gasteiger partial charge >= 0.3 is 0 Å². The van der Waals surface area contributed by atoms with Gasteiger partial charge in [0.25, 0.3) is 0 Å². The molecule has 0 fully saturated rings. The summed E-state index contributed by atoms with van der Waals surface area (Å²) in [7, 11) is 3.19. The molecular formula is C21H22ClN5O3S. The van der Waals surface area contributed by atoms with E-state index in [0.29, 0.717) is 28.3 Å². The monoisotopic (exact) mass is 459 g/mol. The zero-order valence-corrected chi connectivity index (χ0v) is 18.8. The van der Waals surface area contributed by atoms with Crippen molar-refractivity contribution in [2.45, 2.75) is 29.9 Å². The Hall–Kier alpha value is -2.91. The fourth-order valence-electron chi connectivity index (χ4n) is 3.32. The number of nitrogens with zero attached hydrogens (tertiary/aromatic N) is 3. The van der Waals surface area contributed by atoms with E-state index < -0.39 is 5.25 Å². The molecule has 4 rings (SSSR count). The number of ether oxygens (including phenoxy) is 2. The Labute approximate surface area is 189 Å². The maximum Gasteiger partial charge on any atom is 0.236 e. The van der Waals surface area contributed by atoms with Crippen molar-refractivity contribution in [3.05, 3.63) is 64.4 Å². The molecule has 2 heterocycles. The Balaban J connectivity index is 1.57. The fourth-order valence-corrected chi connectivity index (χ4v) is 4.74. The molecule has 1 aliphatic rings. The molecule has 0 unspecified atom stereocenters. The maximum atomic E-state index is 13.2. The van der Waals surface area contributed by atoms with Crippen LogP contribution in [0.25, 0.3) is 0 Å². The molecule has 2 aromatic carbocycles. The first kappa shape index (κ1) is 21.3. The molecular weight excluding hydrogens is 438 g/mol. The Morgan fingerprint density at radius 1 is 1.19 bits per heavy atom. The van der Waals surface area contributed by atoms with Gasteiger partial charge in [-0.1, -0.05) is 41.6 Å². The van der Waals surface area contributed by atoms with E-state index in [9.17, 15) is 4.79 Å². The van der Waals surface area contributed by atoms with Gasteiger partial charge in [0.1, 0.15) is 22.6 Å². The highest BCUT2D eigenvalue weighted by Gasteiger charge is 2.37. The van der Waals surface area contributed by atoms with E-state index in [0.717, 1.165) is 16.9 Å². The number of hydrogen-bond acceptors (Lipinski definition) is 7. The predicted molar refractivity (Wildman–Crippen MR) is 119 cm³/mol. The first-order valence-electron chi connectivity index (χ1n) is 9.59. The molecule has 0 saturated carbocycles. The summed E-state index contributed by atoms with van der Waals surface area (Å²) in [4.78, 5) is 13.2. The quantitative estimate of drug-likeness (QED) is 0.584. The standard InChI is InChI=1S/C21H22ClN5O3S/c1-12-24-25-21-27(12)26-18(14-6-9-17(30-3)16(22)10-14)19(31-21)20(28)23-11-13-4-7-15(29-2)8-5-13/h4-10,18-19,26H,11H2,1-3H3,(H,23,28)/t18-,19-/m1/s1. The maximum absolute atomic E-state index is 13.2. The van der Waals surface area contributed by atoms with Gasteiger partial charge in [-0.2, -0.15) is 0 Å². The Morgan fingerprint density at radius 2 is 1.97 bits per heavy atom. The van der Waals surface area contributed by atoms with E-state index in [1.54, 1.807) is 25.0 Å². The largest absolute Gasteiger partial charge is 0.497 e. The SMILES string of the molecule is COc1ccc(CNC(=O)[C@@H]2Sc3nnc(C)n3N[C@@H]2c2ccc(OC)c(Cl)c2)cc1. The molecule has 2 N–H and O–H groups in total. The third-order valence-corrected chi connectivity index (χ3v) is 6.53. The second kappa shape index (κ2) is 9.07. The van der Waals surface area contributed by atoms with Crippen LogP contribution in [-0.2, 0) is 11.3 Å². The molecule has 1 aliphatic heterocycles.